The van der Waals surface area contributed by atoms with Crippen LogP contribution in [0.3, 0.4) is 0 Å². The molecule has 25 heavy (non-hydrogen) atoms. The molecule has 0 aliphatic carbocycles. The first-order chi connectivity index (χ1) is 12.3. The van der Waals surface area contributed by atoms with Gasteiger partial charge in [-0.1, -0.05) is 12.1 Å². The van der Waals surface area contributed by atoms with Crippen LogP contribution >= 0.6 is 0 Å². The van der Waals surface area contributed by atoms with Crippen LogP contribution in [0.4, 0.5) is 5.69 Å². The Morgan fingerprint density at radius 2 is 1.76 bits per heavy atom. The molecule has 0 atom stereocenters. The number of nitrogens with one attached hydrogen (secondary N) is 1. The molecule has 0 fully saturated rings. The summed E-state index contributed by atoms with van der Waals surface area (Å²) in [6.07, 6.45) is 3.14. The molecule has 1 aromatic heterocycles. The normalized spacial score (nSPS) is 10.1. The number of amides is 1. The number of nitrogens with zero attached hydrogens (tertiary/aromatic N) is 1. The molecule has 3 aromatic rings. The van der Waals surface area contributed by atoms with Crippen molar-refractivity contribution in [3.63, 3.8) is 0 Å². The van der Waals surface area contributed by atoms with Gasteiger partial charge in [-0.25, -0.2) is 0 Å². The fourth-order valence-corrected chi connectivity index (χ4v) is 2.25. The minimum Gasteiger partial charge on any atom is -0.494 e. The molecule has 0 unspecified atom stereocenters. The van der Waals surface area contributed by atoms with Crippen LogP contribution in [0.5, 0.6) is 17.2 Å². The monoisotopic (exact) mass is 334 g/mol. The van der Waals surface area contributed by atoms with Crippen molar-refractivity contribution in [1.29, 1.82) is 0 Å². The summed E-state index contributed by atoms with van der Waals surface area (Å²) in [4.78, 5) is 16.3. The molecule has 2 aromatic carbocycles. The van der Waals surface area contributed by atoms with E-state index >= 15 is 0 Å². The SMILES string of the molecule is CCOc1ccc(Oc2ccccc2NC(=O)c2cccnc2)cc1. The van der Waals surface area contributed by atoms with E-state index in [-0.39, 0.29) is 5.91 Å². The van der Waals surface area contributed by atoms with Gasteiger partial charge >= 0.3 is 0 Å². The second-order valence-corrected chi connectivity index (χ2v) is 5.20. The van der Waals surface area contributed by atoms with E-state index in [1.54, 1.807) is 30.5 Å². The first-order valence-electron chi connectivity index (χ1n) is 7.97. The van der Waals surface area contributed by atoms with Crippen molar-refractivity contribution in [2.75, 3.05) is 11.9 Å². The van der Waals surface area contributed by atoms with Gasteiger partial charge in [-0.15, -0.1) is 0 Å². The summed E-state index contributed by atoms with van der Waals surface area (Å²) in [5.74, 6) is 1.76. The number of aromatic nitrogens is 1. The predicted molar refractivity (Wildman–Crippen MR) is 96.3 cm³/mol. The number of rotatable bonds is 6. The number of pyridine rings is 1. The summed E-state index contributed by atoms with van der Waals surface area (Å²) in [6.45, 7) is 2.55. The van der Waals surface area contributed by atoms with E-state index in [0.717, 1.165) is 5.75 Å². The molecule has 0 aliphatic rings. The lowest BCUT2D eigenvalue weighted by molar-refractivity contribution is 0.102. The fourth-order valence-electron chi connectivity index (χ4n) is 2.25. The number of hydrogen-bond donors (Lipinski definition) is 1. The van der Waals surface area contributed by atoms with Crippen LogP contribution in [0.15, 0.2) is 73.1 Å². The van der Waals surface area contributed by atoms with Gasteiger partial charge in [-0.05, 0) is 55.5 Å². The highest BCUT2D eigenvalue weighted by molar-refractivity contribution is 6.04. The largest absolute Gasteiger partial charge is 0.494 e. The molecular formula is C20H18N2O3. The zero-order valence-corrected chi connectivity index (χ0v) is 13.8. The maximum Gasteiger partial charge on any atom is 0.257 e. The lowest BCUT2D eigenvalue weighted by Crippen LogP contribution is -2.12. The van der Waals surface area contributed by atoms with E-state index in [2.05, 4.69) is 10.3 Å². The number of hydrogen-bond acceptors (Lipinski definition) is 4. The molecule has 0 aliphatic heterocycles. The quantitative estimate of drug-likeness (QED) is 0.720. The maximum absolute atomic E-state index is 12.3. The second-order valence-electron chi connectivity index (χ2n) is 5.20. The zero-order chi connectivity index (χ0) is 17.5. The highest BCUT2D eigenvalue weighted by atomic mass is 16.5. The van der Waals surface area contributed by atoms with Crippen molar-refractivity contribution < 1.29 is 14.3 Å². The highest BCUT2D eigenvalue weighted by Crippen LogP contribution is 2.30. The summed E-state index contributed by atoms with van der Waals surface area (Å²) in [6, 6.07) is 18.0. The van der Waals surface area contributed by atoms with Gasteiger partial charge < -0.3 is 14.8 Å². The second kappa shape index (κ2) is 7.97. The molecule has 0 bridgehead atoms. The summed E-state index contributed by atoms with van der Waals surface area (Å²) in [7, 11) is 0. The maximum atomic E-state index is 12.3. The smallest absolute Gasteiger partial charge is 0.257 e. The third-order valence-corrected chi connectivity index (χ3v) is 3.42. The molecule has 1 amide bonds. The van der Waals surface area contributed by atoms with Crippen LogP contribution in [-0.4, -0.2) is 17.5 Å². The summed E-state index contributed by atoms with van der Waals surface area (Å²) in [5, 5.41) is 2.85. The Balaban J connectivity index is 1.75. The Labute approximate surface area is 146 Å². The molecule has 126 valence electrons. The predicted octanol–water partition coefficient (Wildman–Crippen LogP) is 4.52. The molecule has 1 N–H and O–H groups in total. The van der Waals surface area contributed by atoms with Gasteiger partial charge in [-0.2, -0.15) is 0 Å². The van der Waals surface area contributed by atoms with Crippen molar-refractivity contribution in [3.8, 4) is 17.2 Å². The van der Waals surface area contributed by atoms with Crippen LogP contribution < -0.4 is 14.8 Å². The van der Waals surface area contributed by atoms with Gasteiger partial charge in [-0.3, -0.25) is 9.78 Å². The average Bonchev–Trinajstić information content (AvgIpc) is 2.66. The number of benzene rings is 2. The van der Waals surface area contributed by atoms with Crippen molar-refractivity contribution in [2.24, 2.45) is 0 Å². The van der Waals surface area contributed by atoms with E-state index in [9.17, 15) is 4.79 Å². The molecule has 0 radical (unpaired) electrons. The lowest BCUT2D eigenvalue weighted by Gasteiger charge is -2.12. The Morgan fingerprint density at radius 3 is 2.48 bits per heavy atom. The summed E-state index contributed by atoms with van der Waals surface area (Å²) < 4.78 is 11.3. The first kappa shape index (κ1) is 16.5. The standard InChI is InChI=1S/C20H18N2O3/c1-2-24-16-9-11-17(12-10-16)25-19-8-4-3-7-18(19)22-20(23)15-6-5-13-21-14-15/h3-14H,2H2,1H3,(H,22,23). The molecule has 1 heterocycles. The van der Waals surface area contributed by atoms with Crippen molar-refractivity contribution >= 4 is 11.6 Å². The number of ether oxygens (including phenoxy) is 2. The average molecular weight is 334 g/mol. The van der Waals surface area contributed by atoms with Crippen molar-refractivity contribution in [1.82, 2.24) is 4.98 Å². The minimum absolute atomic E-state index is 0.240. The third-order valence-electron chi connectivity index (χ3n) is 3.42. The Hall–Kier alpha value is -3.34. The first-order valence-corrected chi connectivity index (χ1v) is 7.97. The lowest BCUT2D eigenvalue weighted by atomic mass is 10.2. The van der Waals surface area contributed by atoms with E-state index in [4.69, 9.17) is 9.47 Å². The topological polar surface area (TPSA) is 60.5 Å². The van der Waals surface area contributed by atoms with Crippen LogP contribution in [0.25, 0.3) is 0 Å². The van der Waals surface area contributed by atoms with Gasteiger partial charge in [0, 0.05) is 12.4 Å². The number of para-hydroxylation sites is 2. The van der Waals surface area contributed by atoms with Gasteiger partial charge in [0.2, 0.25) is 0 Å². The van der Waals surface area contributed by atoms with Crippen molar-refractivity contribution in [3.05, 3.63) is 78.6 Å². The number of anilines is 1. The molecule has 0 spiro atoms. The molecule has 3 rings (SSSR count). The van der Waals surface area contributed by atoms with E-state index in [0.29, 0.717) is 29.4 Å². The zero-order valence-electron chi connectivity index (χ0n) is 13.8. The van der Waals surface area contributed by atoms with E-state index in [1.165, 1.54) is 6.20 Å². The Kier molecular flexibility index (Phi) is 5.26. The van der Waals surface area contributed by atoms with Gasteiger partial charge in [0.25, 0.3) is 5.91 Å². The van der Waals surface area contributed by atoms with E-state index < -0.39 is 0 Å². The summed E-state index contributed by atoms with van der Waals surface area (Å²) >= 11 is 0. The molecule has 0 saturated carbocycles. The number of carbonyl (C=O) groups is 1. The highest BCUT2D eigenvalue weighted by Gasteiger charge is 2.10. The van der Waals surface area contributed by atoms with Crippen LogP contribution in [-0.2, 0) is 0 Å². The molecule has 0 saturated heterocycles. The minimum atomic E-state index is -0.240. The molecular weight excluding hydrogens is 316 g/mol. The van der Waals surface area contributed by atoms with Crippen molar-refractivity contribution in [2.45, 2.75) is 6.92 Å². The third kappa shape index (κ3) is 4.35. The van der Waals surface area contributed by atoms with Crippen LogP contribution in [0.2, 0.25) is 0 Å². The van der Waals surface area contributed by atoms with E-state index in [1.807, 2.05) is 43.3 Å². The van der Waals surface area contributed by atoms with Gasteiger partial charge in [0.05, 0.1) is 17.9 Å². The molecule has 5 heteroatoms. The summed E-state index contributed by atoms with van der Waals surface area (Å²) in [5.41, 5.74) is 1.07. The number of carbonyl (C=O) groups excluding carboxylic acids is 1. The molecule has 5 nitrogen and oxygen atoms in total. The van der Waals surface area contributed by atoms with Gasteiger partial charge in [0.15, 0.2) is 5.75 Å². The Bertz CT molecular complexity index is 833. The Morgan fingerprint density at radius 1 is 1.00 bits per heavy atom. The van der Waals surface area contributed by atoms with Gasteiger partial charge in [0.1, 0.15) is 11.5 Å². The fraction of sp³-hybridized carbons (Fsp3) is 0.100. The van der Waals surface area contributed by atoms with Crippen LogP contribution in [0.1, 0.15) is 17.3 Å². The van der Waals surface area contributed by atoms with Crippen LogP contribution in [0, 0.1) is 0 Å².